The summed E-state index contributed by atoms with van der Waals surface area (Å²) in [6.45, 7) is 3.99. The molecule has 2 fully saturated rings. The van der Waals surface area contributed by atoms with Crippen molar-refractivity contribution in [2.75, 3.05) is 26.2 Å². The fraction of sp³-hybridized carbons (Fsp3) is 0.765. The van der Waals surface area contributed by atoms with E-state index in [0.29, 0.717) is 24.8 Å². The van der Waals surface area contributed by atoms with Gasteiger partial charge in [-0.05, 0) is 38.8 Å². The number of nitrogens with zero attached hydrogens (tertiary/aromatic N) is 3. The zero-order chi connectivity index (χ0) is 17.2. The minimum absolute atomic E-state index is 0.129. The highest BCUT2D eigenvalue weighted by Crippen LogP contribution is 2.20. The molecule has 0 amide bonds. The van der Waals surface area contributed by atoms with Gasteiger partial charge >= 0.3 is 0 Å². The molecule has 0 aromatic heterocycles. The maximum Gasteiger partial charge on any atom is 0.153 e. The molecule has 1 aliphatic heterocycles. The maximum absolute atomic E-state index is 6.13. The zero-order valence-electron chi connectivity index (χ0n) is 14.7. The van der Waals surface area contributed by atoms with Crippen LogP contribution < -0.4 is 22.5 Å². The summed E-state index contributed by atoms with van der Waals surface area (Å²) in [5.74, 6) is 0.600. The molecule has 136 valence electrons. The smallest absolute Gasteiger partial charge is 0.153 e. The van der Waals surface area contributed by atoms with E-state index in [-0.39, 0.29) is 6.17 Å². The van der Waals surface area contributed by atoms with E-state index in [0.717, 1.165) is 12.1 Å². The molecule has 1 heterocycles. The van der Waals surface area contributed by atoms with Crippen molar-refractivity contribution in [1.82, 2.24) is 10.2 Å². The first-order valence-electron chi connectivity index (χ1n) is 9.16. The number of hydrogen-bond acceptors (Lipinski definition) is 5. The van der Waals surface area contributed by atoms with Crippen molar-refractivity contribution in [3.8, 4) is 0 Å². The summed E-state index contributed by atoms with van der Waals surface area (Å²) in [4.78, 5) is 11.3. The Balaban J connectivity index is 1.86. The van der Waals surface area contributed by atoms with Crippen molar-refractivity contribution in [2.45, 2.75) is 57.2 Å². The van der Waals surface area contributed by atoms with Crippen LogP contribution in [0.25, 0.3) is 0 Å². The molecule has 1 saturated heterocycles. The van der Waals surface area contributed by atoms with Gasteiger partial charge in [0.05, 0.1) is 19.0 Å². The highest BCUT2D eigenvalue weighted by molar-refractivity contribution is 6.02. The number of rotatable bonds is 8. The first kappa shape index (κ1) is 18.9. The lowest BCUT2D eigenvalue weighted by Gasteiger charge is -2.19. The molecule has 1 unspecified atom stereocenters. The van der Waals surface area contributed by atoms with E-state index >= 15 is 0 Å². The molecule has 24 heavy (non-hydrogen) atoms. The van der Waals surface area contributed by atoms with Crippen molar-refractivity contribution in [2.24, 2.45) is 27.2 Å². The van der Waals surface area contributed by atoms with Crippen LogP contribution in [0.1, 0.15) is 44.9 Å². The second kappa shape index (κ2) is 10.4. The van der Waals surface area contributed by atoms with Crippen LogP contribution in [-0.2, 0) is 0 Å². The quantitative estimate of drug-likeness (QED) is 0.293. The first-order chi connectivity index (χ1) is 11.7. The Hall–Kier alpha value is -1.44. The lowest BCUT2D eigenvalue weighted by atomic mass is 10.1. The third-order valence-corrected chi connectivity index (χ3v) is 4.53. The molecule has 0 bridgehead atoms. The Morgan fingerprint density at radius 1 is 1.17 bits per heavy atom. The summed E-state index contributed by atoms with van der Waals surface area (Å²) in [6, 6.07) is 0.556. The third kappa shape index (κ3) is 6.98. The normalized spacial score (nSPS) is 22.7. The number of likely N-dealkylation sites (tertiary alicyclic amines) is 1. The van der Waals surface area contributed by atoms with Crippen LogP contribution >= 0.6 is 0 Å². The first-order valence-corrected chi connectivity index (χ1v) is 9.16. The van der Waals surface area contributed by atoms with E-state index in [2.05, 4.69) is 20.2 Å². The fourth-order valence-electron chi connectivity index (χ4n) is 3.04. The summed E-state index contributed by atoms with van der Waals surface area (Å²) in [5, 5.41) is 3.37. The molecular weight excluding hydrogens is 302 g/mol. The molecule has 2 aliphatic rings. The molecule has 2 rings (SSSR count). The molecule has 1 saturated carbocycles. The van der Waals surface area contributed by atoms with Gasteiger partial charge in [0, 0.05) is 30.8 Å². The van der Waals surface area contributed by atoms with E-state index in [1.807, 2.05) is 0 Å². The van der Waals surface area contributed by atoms with E-state index in [1.165, 1.54) is 58.0 Å². The van der Waals surface area contributed by atoms with Gasteiger partial charge in [-0.2, -0.15) is 0 Å². The summed E-state index contributed by atoms with van der Waals surface area (Å²) >= 11 is 0. The predicted octanol–water partition coefficient (Wildman–Crippen LogP) is 0.517. The van der Waals surface area contributed by atoms with Gasteiger partial charge in [-0.1, -0.05) is 12.8 Å². The van der Waals surface area contributed by atoms with Crippen molar-refractivity contribution >= 4 is 12.2 Å². The van der Waals surface area contributed by atoms with Crippen molar-refractivity contribution in [1.29, 1.82) is 0 Å². The van der Waals surface area contributed by atoms with Gasteiger partial charge < -0.3 is 22.1 Å². The number of nitrogens with one attached hydrogen (secondary N) is 1. The van der Waals surface area contributed by atoms with E-state index in [9.17, 15) is 0 Å². The minimum Gasteiger partial charge on any atom is -0.404 e. The van der Waals surface area contributed by atoms with Crippen molar-refractivity contribution < 1.29 is 0 Å². The molecule has 7 heteroatoms. The summed E-state index contributed by atoms with van der Waals surface area (Å²) in [7, 11) is 0. The van der Waals surface area contributed by atoms with E-state index < -0.39 is 0 Å². The standard InChI is InChI=1S/C17H33N7/c18-12-14(11-16(20)23-15-5-6-15)17(22-13-19)21-7-10-24-8-3-1-2-4-9-24/h12-13,15-16,23H,1-11,18,20H2,(H2,19,21,22). The lowest BCUT2D eigenvalue weighted by molar-refractivity contribution is 0.293. The van der Waals surface area contributed by atoms with Gasteiger partial charge in [0.25, 0.3) is 0 Å². The summed E-state index contributed by atoms with van der Waals surface area (Å²) in [5.41, 5.74) is 18.2. The highest BCUT2D eigenvalue weighted by atomic mass is 15.1. The topological polar surface area (TPSA) is 118 Å². The third-order valence-electron chi connectivity index (χ3n) is 4.53. The number of aliphatic imine (C=N–C) groups is 2. The molecule has 0 aromatic rings. The molecule has 0 aromatic carbocycles. The molecule has 0 spiro atoms. The van der Waals surface area contributed by atoms with Crippen LogP contribution in [0.15, 0.2) is 21.8 Å². The lowest BCUT2D eigenvalue weighted by Crippen LogP contribution is -2.39. The number of nitrogens with two attached hydrogens (primary N) is 3. The average molecular weight is 336 g/mol. The van der Waals surface area contributed by atoms with Crippen LogP contribution in [-0.4, -0.2) is 55.5 Å². The van der Waals surface area contributed by atoms with Gasteiger partial charge in [-0.25, -0.2) is 4.99 Å². The SMILES string of the molecule is NC=NC(=NCCN1CCCCCC1)C(=CN)CC(N)NC1CC1. The van der Waals surface area contributed by atoms with Gasteiger partial charge in [-0.15, -0.1) is 0 Å². The molecule has 7 N–H and O–H groups in total. The van der Waals surface area contributed by atoms with Crippen LogP contribution in [0, 0.1) is 0 Å². The van der Waals surface area contributed by atoms with Gasteiger partial charge in [-0.3, -0.25) is 10.3 Å². The Labute approximate surface area is 145 Å². The van der Waals surface area contributed by atoms with Crippen LogP contribution in [0.5, 0.6) is 0 Å². The Bertz CT molecular complexity index is 446. The number of amidine groups is 1. The maximum atomic E-state index is 6.13. The predicted molar refractivity (Wildman–Crippen MR) is 101 cm³/mol. The summed E-state index contributed by atoms with van der Waals surface area (Å²) < 4.78 is 0. The Morgan fingerprint density at radius 3 is 2.46 bits per heavy atom. The molecule has 1 aliphatic carbocycles. The van der Waals surface area contributed by atoms with Crippen LogP contribution in [0.3, 0.4) is 0 Å². The Morgan fingerprint density at radius 2 is 1.88 bits per heavy atom. The second-order valence-corrected chi connectivity index (χ2v) is 6.68. The average Bonchev–Trinajstić information content (AvgIpc) is 3.39. The zero-order valence-corrected chi connectivity index (χ0v) is 14.7. The second-order valence-electron chi connectivity index (χ2n) is 6.68. The van der Waals surface area contributed by atoms with Gasteiger partial charge in [0.1, 0.15) is 0 Å². The fourth-order valence-corrected chi connectivity index (χ4v) is 3.04. The molecule has 7 nitrogen and oxygen atoms in total. The van der Waals surface area contributed by atoms with Gasteiger partial charge in [0.2, 0.25) is 0 Å². The molecule has 0 radical (unpaired) electrons. The van der Waals surface area contributed by atoms with E-state index in [1.54, 1.807) is 6.20 Å². The van der Waals surface area contributed by atoms with Crippen LogP contribution in [0.4, 0.5) is 0 Å². The van der Waals surface area contributed by atoms with E-state index in [4.69, 9.17) is 17.2 Å². The molecular formula is C17H33N7. The number of hydrogen-bond donors (Lipinski definition) is 4. The molecule has 1 atom stereocenters. The Kier molecular flexibility index (Phi) is 8.21. The minimum atomic E-state index is -0.129. The largest absolute Gasteiger partial charge is 0.404 e. The van der Waals surface area contributed by atoms with Crippen molar-refractivity contribution in [3.05, 3.63) is 11.8 Å². The summed E-state index contributed by atoms with van der Waals surface area (Å²) in [6.07, 6.45) is 11.0. The monoisotopic (exact) mass is 335 g/mol. The van der Waals surface area contributed by atoms with Gasteiger partial charge in [0.15, 0.2) is 5.84 Å². The van der Waals surface area contributed by atoms with Crippen LogP contribution in [0.2, 0.25) is 0 Å². The van der Waals surface area contributed by atoms with Crippen molar-refractivity contribution in [3.63, 3.8) is 0 Å². The highest BCUT2D eigenvalue weighted by Gasteiger charge is 2.23.